The number of benzene rings is 2. The summed E-state index contributed by atoms with van der Waals surface area (Å²) in [5.74, 6) is -6.32. The number of ether oxygens (including phenoxy) is 2. The number of amides is 6. The van der Waals surface area contributed by atoms with E-state index in [0.29, 0.717) is 31.4 Å². The molecule has 0 saturated carbocycles. The molecule has 4 N–H and O–H groups in total. The standard InChI is InChI=1S/C48H72F3N7O10S/c1-13-30(6)41(57(10)46(63)39(28(2)3)54-45(62)40(29(4)5)56(8)9)37(67-11)27-38(59)58-25-17-20-36(58)42(68-12)31(7)43(60)53-35(26-32-18-15-14-16-19-32)44(61)55-69(65,66)34-23-21-33(22-24-34)52-47(64)48(49,50)51/h14-16,18-19,21-24,28-31,35-37,39-42H,13,17,20,25-27H2,1-12H3,(H,52,64)(H,53,60)(H,54,62)(H,55,61)/t30-,31-,35+,36+,37-,39+,40+,41+,42-/m1/s1. The second-order valence-corrected chi connectivity index (χ2v) is 20.4. The molecule has 2 aromatic rings. The van der Waals surface area contributed by atoms with Crippen LogP contribution in [-0.4, -0.2) is 149 Å². The molecule has 0 aliphatic carbocycles. The summed E-state index contributed by atoms with van der Waals surface area (Å²) in [4.78, 5) is 86.0. The van der Waals surface area contributed by atoms with Crippen molar-refractivity contribution < 1.29 is 59.8 Å². The molecule has 0 unspecified atom stereocenters. The highest BCUT2D eigenvalue weighted by Crippen LogP contribution is 2.30. The van der Waals surface area contributed by atoms with Crippen LogP contribution in [0.5, 0.6) is 0 Å². The monoisotopic (exact) mass is 996 g/mol. The van der Waals surface area contributed by atoms with Gasteiger partial charge in [0.15, 0.2) is 0 Å². The minimum atomic E-state index is -5.18. The molecule has 2 aromatic carbocycles. The summed E-state index contributed by atoms with van der Waals surface area (Å²) in [6.07, 6.45) is -5.39. The van der Waals surface area contributed by atoms with Gasteiger partial charge >= 0.3 is 12.1 Å². The molecule has 1 saturated heterocycles. The van der Waals surface area contributed by atoms with Crippen LogP contribution in [-0.2, 0) is 54.7 Å². The van der Waals surface area contributed by atoms with Crippen molar-refractivity contribution in [2.24, 2.45) is 23.7 Å². The minimum Gasteiger partial charge on any atom is -0.379 e. The highest BCUT2D eigenvalue weighted by Gasteiger charge is 2.44. The van der Waals surface area contributed by atoms with E-state index in [9.17, 15) is 50.4 Å². The molecule has 9 atom stereocenters. The smallest absolute Gasteiger partial charge is 0.379 e. The van der Waals surface area contributed by atoms with Crippen molar-refractivity contribution in [2.75, 3.05) is 47.2 Å². The average Bonchev–Trinajstić information content (AvgIpc) is 3.77. The van der Waals surface area contributed by atoms with Crippen molar-refractivity contribution in [1.29, 1.82) is 0 Å². The van der Waals surface area contributed by atoms with Crippen LogP contribution in [0.25, 0.3) is 0 Å². The van der Waals surface area contributed by atoms with Gasteiger partial charge in [0.1, 0.15) is 12.1 Å². The SMILES string of the molecule is CC[C@@H](C)[C@@H]([C@@H](CC(=O)N1CCC[C@H]1[C@H](OC)[C@@H](C)C(=O)N[C@@H](Cc1ccccc1)C(=O)NS(=O)(=O)c1ccc(NC(=O)C(F)(F)F)cc1)OC)N(C)C(=O)[C@@H](NC(=O)[C@H](C(C)C)N(C)C)C(C)C. The van der Waals surface area contributed by atoms with E-state index in [1.807, 2.05) is 65.3 Å². The number of nitrogens with zero attached hydrogens (tertiary/aromatic N) is 3. The Kier molecular flexibility index (Phi) is 21.6. The van der Waals surface area contributed by atoms with E-state index in [0.717, 1.165) is 24.3 Å². The Labute approximate surface area is 405 Å². The molecule has 1 heterocycles. The summed E-state index contributed by atoms with van der Waals surface area (Å²) in [5, 5.41) is 7.28. The number of anilines is 1. The van der Waals surface area contributed by atoms with Gasteiger partial charge in [0.2, 0.25) is 23.6 Å². The molecule has 17 nitrogen and oxygen atoms in total. The summed E-state index contributed by atoms with van der Waals surface area (Å²) in [6, 6.07) is 8.22. The van der Waals surface area contributed by atoms with Gasteiger partial charge in [-0.2, -0.15) is 13.2 Å². The topological polar surface area (TPSA) is 213 Å². The largest absolute Gasteiger partial charge is 0.471 e. The predicted octanol–water partition coefficient (Wildman–Crippen LogP) is 4.37. The molecule has 1 fully saturated rings. The summed E-state index contributed by atoms with van der Waals surface area (Å²) in [7, 11) is 3.53. The maximum absolute atomic E-state index is 14.4. The lowest BCUT2D eigenvalue weighted by Gasteiger charge is -2.41. The van der Waals surface area contributed by atoms with E-state index >= 15 is 0 Å². The second kappa shape index (κ2) is 25.7. The third-order valence-corrected chi connectivity index (χ3v) is 14.1. The number of likely N-dealkylation sites (tertiary alicyclic amines) is 1. The molecular formula is C48H72F3N7O10S. The third kappa shape index (κ3) is 15.7. The molecule has 0 radical (unpaired) electrons. The van der Waals surface area contributed by atoms with E-state index in [4.69, 9.17) is 9.47 Å². The summed E-state index contributed by atoms with van der Waals surface area (Å²) < 4.78 is 78.8. The van der Waals surface area contributed by atoms with Gasteiger partial charge in [-0.05, 0) is 74.5 Å². The quantitative estimate of drug-likeness (QED) is 0.116. The molecule has 1 aliphatic rings. The summed E-state index contributed by atoms with van der Waals surface area (Å²) in [5.41, 5.74) is 0.237. The van der Waals surface area contributed by atoms with E-state index < -0.39 is 87.2 Å². The Hall–Kier alpha value is -5.12. The van der Waals surface area contributed by atoms with Gasteiger partial charge in [-0.25, -0.2) is 13.1 Å². The Balaban J connectivity index is 1.84. The Morgan fingerprint density at radius 2 is 1.43 bits per heavy atom. The van der Waals surface area contributed by atoms with Crippen LogP contribution in [0.1, 0.15) is 79.7 Å². The molecule has 0 bridgehead atoms. The molecular weight excluding hydrogens is 924 g/mol. The van der Waals surface area contributed by atoms with Gasteiger partial charge in [0, 0.05) is 39.9 Å². The van der Waals surface area contributed by atoms with Gasteiger partial charge in [0.25, 0.3) is 15.9 Å². The van der Waals surface area contributed by atoms with Crippen molar-refractivity contribution in [2.45, 2.75) is 134 Å². The van der Waals surface area contributed by atoms with E-state index in [-0.39, 0.29) is 54.0 Å². The van der Waals surface area contributed by atoms with Crippen LogP contribution in [0.4, 0.5) is 18.9 Å². The van der Waals surface area contributed by atoms with Crippen LogP contribution in [0, 0.1) is 23.7 Å². The van der Waals surface area contributed by atoms with Crippen molar-refractivity contribution in [3.63, 3.8) is 0 Å². The number of sulfonamides is 1. The number of nitrogens with one attached hydrogen (secondary N) is 4. The van der Waals surface area contributed by atoms with Gasteiger partial charge < -0.3 is 35.2 Å². The first kappa shape index (κ1) is 58.2. The first-order valence-corrected chi connectivity index (χ1v) is 24.7. The van der Waals surface area contributed by atoms with Gasteiger partial charge in [-0.3, -0.25) is 33.7 Å². The number of hydrogen-bond donors (Lipinski definition) is 4. The molecule has 21 heteroatoms. The predicted molar refractivity (Wildman–Crippen MR) is 254 cm³/mol. The molecule has 0 spiro atoms. The van der Waals surface area contributed by atoms with Crippen LogP contribution in [0.3, 0.4) is 0 Å². The Bertz CT molecular complexity index is 2150. The number of hydrogen-bond acceptors (Lipinski definition) is 11. The van der Waals surface area contributed by atoms with Gasteiger partial charge in [0.05, 0.1) is 47.6 Å². The second-order valence-electron chi connectivity index (χ2n) is 18.7. The molecule has 0 aromatic heterocycles. The lowest BCUT2D eigenvalue weighted by Crippen LogP contribution is -2.59. The minimum absolute atomic E-state index is 0.0175. The average molecular weight is 996 g/mol. The molecule has 6 amide bonds. The van der Waals surface area contributed by atoms with E-state index in [1.165, 1.54) is 14.2 Å². The number of rotatable bonds is 24. The van der Waals surface area contributed by atoms with Crippen LogP contribution in [0.2, 0.25) is 0 Å². The molecule has 69 heavy (non-hydrogen) atoms. The van der Waals surface area contributed by atoms with Crippen molar-refractivity contribution >= 4 is 51.2 Å². The molecule has 1 aliphatic heterocycles. The maximum Gasteiger partial charge on any atom is 0.471 e. The third-order valence-electron chi connectivity index (χ3n) is 12.8. The fourth-order valence-electron chi connectivity index (χ4n) is 8.96. The summed E-state index contributed by atoms with van der Waals surface area (Å²) >= 11 is 0. The highest BCUT2D eigenvalue weighted by atomic mass is 32.2. The fourth-order valence-corrected chi connectivity index (χ4v) is 9.97. The van der Waals surface area contributed by atoms with Crippen molar-refractivity contribution in [1.82, 2.24) is 30.1 Å². The highest BCUT2D eigenvalue weighted by molar-refractivity contribution is 7.90. The lowest BCUT2D eigenvalue weighted by atomic mass is 9.89. The zero-order valence-corrected chi connectivity index (χ0v) is 42.6. The maximum atomic E-state index is 14.4. The Morgan fingerprint density at radius 3 is 1.94 bits per heavy atom. The van der Waals surface area contributed by atoms with Crippen LogP contribution < -0.4 is 20.7 Å². The van der Waals surface area contributed by atoms with Gasteiger partial charge in [-0.1, -0.05) is 85.2 Å². The zero-order chi connectivity index (χ0) is 52.1. The van der Waals surface area contributed by atoms with Crippen molar-refractivity contribution in [3.05, 3.63) is 60.2 Å². The number of methoxy groups -OCH3 is 2. The normalized spacial score (nSPS) is 17.8. The number of halogens is 3. The van der Waals surface area contributed by atoms with E-state index in [1.54, 1.807) is 59.4 Å². The fraction of sp³-hybridized carbons (Fsp3) is 0.625. The zero-order valence-electron chi connectivity index (χ0n) is 41.8. The van der Waals surface area contributed by atoms with Crippen LogP contribution in [0.15, 0.2) is 59.5 Å². The lowest BCUT2D eigenvalue weighted by molar-refractivity contribution is -0.167. The Morgan fingerprint density at radius 1 is 0.826 bits per heavy atom. The van der Waals surface area contributed by atoms with Gasteiger partial charge in [-0.15, -0.1) is 0 Å². The first-order valence-electron chi connectivity index (χ1n) is 23.2. The van der Waals surface area contributed by atoms with Crippen molar-refractivity contribution in [3.8, 4) is 0 Å². The summed E-state index contributed by atoms with van der Waals surface area (Å²) in [6.45, 7) is 13.5. The van der Waals surface area contributed by atoms with E-state index in [2.05, 4.69) is 10.6 Å². The molecule has 3 rings (SSSR count). The number of carbonyl (C=O) groups excluding carboxylic acids is 6. The number of carbonyl (C=O) groups is 6. The molecule has 386 valence electrons. The number of alkyl halides is 3. The number of likely N-dealkylation sites (N-methyl/N-ethyl adjacent to an activating group) is 2. The first-order chi connectivity index (χ1) is 32.2. The van der Waals surface area contributed by atoms with Crippen LogP contribution >= 0.6 is 0 Å².